The van der Waals surface area contributed by atoms with E-state index in [0.717, 1.165) is 24.2 Å². The minimum Gasteiger partial charge on any atom is -0.494 e. The number of aliphatic carboxylic acids is 1. The van der Waals surface area contributed by atoms with Crippen LogP contribution >= 0.6 is 24.0 Å². The first-order valence-corrected chi connectivity index (χ1v) is 9.43. The Morgan fingerprint density at radius 3 is 2.88 bits per heavy atom. The van der Waals surface area contributed by atoms with Gasteiger partial charge in [0.2, 0.25) is 0 Å². The third kappa shape index (κ3) is 5.86. The Bertz CT molecular complexity index is 687. The lowest BCUT2D eigenvalue weighted by molar-refractivity contribution is -0.137. The molecule has 25 heavy (non-hydrogen) atoms. The van der Waals surface area contributed by atoms with Gasteiger partial charge in [-0.2, -0.15) is 0 Å². The zero-order valence-electron chi connectivity index (χ0n) is 14.1. The second-order valence-electron chi connectivity index (χ2n) is 5.54. The van der Waals surface area contributed by atoms with Crippen LogP contribution in [-0.2, 0) is 9.59 Å². The van der Waals surface area contributed by atoms with Crippen LogP contribution in [0.4, 0.5) is 0 Å². The van der Waals surface area contributed by atoms with E-state index in [1.807, 2.05) is 37.3 Å². The number of carboxylic acids is 1. The lowest BCUT2D eigenvalue weighted by Crippen LogP contribution is -2.29. The molecule has 1 amide bonds. The number of amides is 1. The van der Waals surface area contributed by atoms with Crippen molar-refractivity contribution in [2.24, 2.45) is 0 Å². The summed E-state index contributed by atoms with van der Waals surface area (Å²) >= 11 is 6.60. The molecule has 1 aromatic carbocycles. The standard InChI is InChI=1S/C18H21NO4S2/c1-2-23-14-8-6-7-13(11-14)12-15-17(22)19(18(24)25-15)10-5-3-4-9-16(20)21/h6-8,11-12H,2-5,9-10H2,1H3,(H,20,21)/b15-12+. The Morgan fingerprint density at radius 2 is 2.16 bits per heavy atom. The van der Waals surface area contributed by atoms with Crippen LogP contribution in [0.3, 0.4) is 0 Å². The van der Waals surface area contributed by atoms with Crippen molar-refractivity contribution in [3.8, 4) is 5.75 Å². The smallest absolute Gasteiger partial charge is 0.303 e. The van der Waals surface area contributed by atoms with Crippen molar-refractivity contribution in [1.29, 1.82) is 0 Å². The van der Waals surface area contributed by atoms with Crippen molar-refractivity contribution < 1.29 is 19.4 Å². The molecule has 1 aromatic rings. The van der Waals surface area contributed by atoms with Gasteiger partial charge in [0.1, 0.15) is 10.1 Å². The molecular weight excluding hydrogens is 358 g/mol. The van der Waals surface area contributed by atoms with E-state index in [1.54, 1.807) is 4.90 Å². The molecule has 1 fully saturated rings. The molecule has 0 aliphatic carbocycles. The number of hydrogen-bond donors (Lipinski definition) is 1. The number of rotatable bonds is 9. The molecule has 0 aromatic heterocycles. The quantitative estimate of drug-likeness (QED) is 0.398. The fourth-order valence-corrected chi connectivity index (χ4v) is 3.74. The number of nitrogens with zero attached hydrogens (tertiary/aromatic N) is 1. The highest BCUT2D eigenvalue weighted by atomic mass is 32.2. The van der Waals surface area contributed by atoms with Gasteiger partial charge in [0, 0.05) is 13.0 Å². The molecular formula is C18H21NO4S2. The molecule has 0 saturated carbocycles. The number of carbonyl (C=O) groups is 2. The molecule has 0 atom stereocenters. The molecule has 2 rings (SSSR count). The summed E-state index contributed by atoms with van der Waals surface area (Å²) in [6.45, 7) is 3.04. The van der Waals surface area contributed by atoms with E-state index in [1.165, 1.54) is 11.8 Å². The zero-order chi connectivity index (χ0) is 18.2. The van der Waals surface area contributed by atoms with Crippen LogP contribution in [0, 0.1) is 0 Å². The molecule has 1 N–H and O–H groups in total. The summed E-state index contributed by atoms with van der Waals surface area (Å²) in [5.41, 5.74) is 0.896. The van der Waals surface area contributed by atoms with Crippen LogP contribution in [-0.4, -0.2) is 39.4 Å². The number of carbonyl (C=O) groups excluding carboxylic acids is 1. The van der Waals surface area contributed by atoms with Gasteiger partial charge in [0.15, 0.2) is 0 Å². The van der Waals surface area contributed by atoms with E-state index in [2.05, 4.69) is 0 Å². The van der Waals surface area contributed by atoms with E-state index in [-0.39, 0.29) is 12.3 Å². The monoisotopic (exact) mass is 379 g/mol. The van der Waals surface area contributed by atoms with Gasteiger partial charge in [-0.15, -0.1) is 0 Å². The fourth-order valence-electron chi connectivity index (χ4n) is 2.43. The van der Waals surface area contributed by atoms with Crippen LogP contribution in [0.25, 0.3) is 6.08 Å². The van der Waals surface area contributed by atoms with E-state index in [4.69, 9.17) is 22.1 Å². The number of ether oxygens (including phenoxy) is 1. The Hall–Kier alpha value is -1.86. The maximum Gasteiger partial charge on any atom is 0.303 e. The molecule has 0 spiro atoms. The predicted molar refractivity (Wildman–Crippen MR) is 104 cm³/mol. The number of thiocarbonyl (C=S) groups is 1. The highest BCUT2D eigenvalue weighted by molar-refractivity contribution is 8.26. The lowest BCUT2D eigenvalue weighted by atomic mass is 10.2. The summed E-state index contributed by atoms with van der Waals surface area (Å²) in [6.07, 6.45) is 4.11. The second kappa shape index (κ2) is 9.58. The summed E-state index contributed by atoms with van der Waals surface area (Å²) in [5.74, 6) is -0.108. The van der Waals surface area contributed by atoms with Crippen LogP contribution in [0.1, 0.15) is 38.2 Å². The number of thioether (sulfide) groups is 1. The predicted octanol–water partition coefficient (Wildman–Crippen LogP) is 3.93. The summed E-state index contributed by atoms with van der Waals surface area (Å²) < 4.78 is 6.03. The first-order chi connectivity index (χ1) is 12.0. The topological polar surface area (TPSA) is 66.8 Å². The maximum absolute atomic E-state index is 12.5. The number of benzene rings is 1. The number of carboxylic acid groups (broad SMARTS) is 1. The van der Waals surface area contributed by atoms with Crippen molar-refractivity contribution >= 4 is 46.3 Å². The van der Waals surface area contributed by atoms with Crippen LogP contribution in [0.2, 0.25) is 0 Å². The van der Waals surface area contributed by atoms with E-state index < -0.39 is 5.97 Å². The summed E-state index contributed by atoms with van der Waals surface area (Å²) in [6, 6.07) is 7.58. The van der Waals surface area contributed by atoms with Gasteiger partial charge in [-0.25, -0.2) is 0 Å². The van der Waals surface area contributed by atoms with Crippen molar-refractivity contribution in [1.82, 2.24) is 4.90 Å². The zero-order valence-corrected chi connectivity index (χ0v) is 15.7. The molecule has 7 heteroatoms. The second-order valence-corrected chi connectivity index (χ2v) is 7.22. The Balaban J connectivity index is 1.95. The van der Waals surface area contributed by atoms with Gasteiger partial charge >= 0.3 is 5.97 Å². The average molecular weight is 380 g/mol. The van der Waals surface area contributed by atoms with Crippen molar-refractivity contribution in [3.05, 3.63) is 34.7 Å². The van der Waals surface area contributed by atoms with Gasteiger partial charge in [0.05, 0.1) is 11.5 Å². The molecule has 134 valence electrons. The normalized spacial score (nSPS) is 15.9. The van der Waals surface area contributed by atoms with Crippen molar-refractivity contribution in [2.45, 2.75) is 32.6 Å². The summed E-state index contributed by atoms with van der Waals surface area (Å²) in [7, 11) is 0. The highest BCUT2D eigenvalue weighted by Gasteiger charge is 2.31. The van der Waals surface area contributed by atoms with Gasteiger partial charge in [-0.1, -0.05) is 42.5 Å². The Morgan fingerprint density at radius 1 is 1.36 bits per heavy atom. The van der Waals surface area contributed by atoms with Gasteiger partial charge < -0.3 is 9.84 Å². The average Bonchev–Trinajstić information content (AvgIpc) is 2.82. The molecule has 0 bridgehead atoms. The lowest BCUT2D eigenvalue weighted by Gasteiger charge is -2.13. The Kier molecular flexibility index (Phi) is 7.46. The van der Waals surface area contributed by atoms with E-state index in [0.29, 0.717) is 28.8 Å². The molecule has 1 aliphatic rings. The molecule has 0 radical (unpaired) electrons. The number of unbranched alkanes of at least 4 members (excludes halogenated alkanes) is 2. The SMILES string of the molecule is CCOc1cccc(/C=C2/SC(=S)N(CCCCCC(=O)O)C2=O)c1. The van der Waals surface area contributed by atoms with Gasteiger partial charge in [0.25, 0.3) is 5.91 Å². The third-order valence-corrected chi connectivity index (χ3v) is 4.99. The van der Waals surface area contributed by atoms with Crippen molar-refractivity contribution in [3.63, 3.8) is 0 Å². The summed E-state index contributed by atoms with van der Waals surface area (Å²) in [4.78, 5) is 25.2. The molecule has 1 heterocycles. The molecule has 1 aliphatic heterocycles. The van der Waals surface area contributed by atoms with E-state index in [9.17, 15) is 9.59 Å². The largest absolute Gasteiger partial charge is 0.494 e. The van der Waals surface area contributed by atoms with Crippen molar-refractivity contribution in [2.75, 3.05) is 13.2 Å². The fraction of sp³-hybridized carbons (Fsp3) is 0.389. The maximum atomic E-state index is 12.5. The highest BCUT2D eigenvalue weighted by Crippen LogP contribution is 2.33. The van der Waals surface area contributed by atoms with Crippen LogP contribution in [0.5, 0.6) is 5.75 Å². The first-order valence-electron chi connectivity index (χ1n) is 8.21. The third-order valence-electron chi connectivity index (χ3n) is 3.61. The minimum absolute atomic E-state index is 0.0879. The molecule has 1 saturated heterocycles. The van der Waals surface area contributed by atoms with Gasteiger partial charge in [-0.3, -0.25) is 14.5 Å². The molecule has 5 nitrogen and oxygen atoms in total. The first kappa shape index (κ1) is 19.5. The van der Waals surface area contributed by atoms with E-state index >= 15 is 0 Å². The number of hydrogen-bond acceptors (Lipinski definition) is 5. The summed E-state index contributed by atoms with van der Waals surface area (Å²) in [5, 5.41) is 8.63. The van der Waals surface area contributed by atoms with Crippen LogP contribution in [0.15, 0.2) is 29.2 Å². The molecule has 0 unspecified atom stereocenters. The Labute approximate surface area is 157 Å². The minimum atomic E-state index is -0.789. The van der Waals surface area contributed by atoms with Gasteiger partial charge in [-0.05, 0) is 43.5 Å². The van der Waals surface area contributed by atoms with Crippen LogP contribution < -0.4 is 4.74 Å².